The highest BCUT2D eigenvalue weighted by Gasteiger charge is 2.21. The molecule has 0 saturated heterocycles. The minimum Gasteiger partial charge on any atom is -0.380 e. The molecule has 0 fully saturated rings. The van der Waals surface area contributed by atoms with E-state index in [9.17, 15) is 5.11 Å². The first-order chi connectivity index (χ1) is 7.65. The largest absolute Gasteiger partial charge is 0.380 e. The second-order valence-electron chi connectivity index (χ2n) is 3.53. The van der Waals surface area contributed by atoms with Crippen molar-refractivity contribution in [1.29, 1.82) is 0 Å². The van der Waals surface area contributed by atoms with Crippen LogP contribution in [0.25, 0.3) is 0 Å². The van der Waals surface area contributed by atoms with Gasteiger partial charge >= 0.3 is 0 Å². The van der Waals surface area contributed by atoms with Crippen molar-refractivity contribution in [3.63, 3.8) is 0 Å². The second kappa shape index (κ2) is 4.39. The van der Waals surface area contributed by atoms with Gasteiger partial charge in [0, 0.05) is 13.6 Å². The number of rotatable bonds is 3. The van der Waals surface area contributed by atoms with Gasteiger partial charge in [-0.2, -0.15) is 5.10 Å². The van der Waals surface area contributed by atoms with Crippen molar-refractivity contribution in [1.82, 2.24) is 19.3 Å². The third-order valence-corrected chi connectivity index (χ3v) is 3.14. The van der Waals surface area contributed by atoms with E-state index in [1.807, 2.05) is 14.0 Å². The van der Waals surface area contributed by atoms with Crippen molar-refractivity contribution < 1.29 is 5.11 Å². The van der Waals surface area contributed by atoms with Crippen LogP contribution in [0.4, 0.5) is 0 Å². The number of hydrogen-bond acceptors (Lipinski definition) is 3. The van der Waals surface area contributed by atoms with E-state index in [0.29, 0.717) is 0 Å². The summed E-state index contributed by atoms with van der Waals surface area (Å²) in [5, 5.41) is 14.5. The van der Waals surface area contributed by atoms with Crippen LogP contribution in [-0.4, -0.2) is 24.4 Å². The third-order valence-electron chi connectivity index (χ3n) is 2.53. The lowest BCUT2D eigenvalue weighted by Crippen LogP contribution is -2.12. The summed E-state index contributed by atoms with van der Waals surface area (Å²) in [6.07, 6.45) is 4.30. The molecule has 0 aromatic carbocycles. The Morgan fingerprint density at radius 3 is 2.81 bits per heavy atom. The molecule has 1 atom stereocenters. The lowest BCUT2D eigenvalue weighted by molar-refractivity contribution is 0.199. The Morgan fingerprint density at radius 2 is 2.25 bits per heavy atom. The number of halogens is 1. The molecular weight excluding hydrogens is 272 g/mol. The van der Waals surface area contributed by atoms with Crippen LogP contribution in [0, 0.1) is 0 Å². The first-order valence-electron chi connectivity index (χ1n) is 5.00. The maximum atomic E-state index is 10.3. The Kier molecular flexibility index (Phi) is 3.11. The first-order valence-corrected chi connectivity index (χ1v) is 5.80. The molecule has 2 rings (SSSR count). The van der Waals surface area contributed by atoms with E-state index in [1.165, 1.54) is 0 Å². The molecule has 0 bridgehead atoms. The van der Waals surface area contributed by atoms with Crippen LogP contribution in [0.5, 0.6) is 0 Å². The van der Waals surface area contributed by atoms with Crippen molar-refractivity contribution in [3.8, 4) is 0 Å². The first kappa shape index (κ1) is 11.3. The van der Waals surface area contributed by atoms with E-state index >= 15 is 0 Å². The van der Waals surface area contributed by atoms with Crippen LogP contribution in [0.15, 0.2) is 23.2 Å². The van der Waals surface area contributed by atoms with E-state index in [2.05, 4.69) is 26.0 Å². The Balaban J connectivity index is 2.44. The summed E-state index contributed by atoms with van der Waals surface area (Å²) in [5.41, 5.74) is 1.50. The normalized spacial score (nSPS) is 13.0. The third kappa shape index (κ3) is 1.78. The van der Waals surface area contributed by atoms with Crippen molar-refractivity contribution in [2.75, 3.05) is 0 Å². The predicted octanol–water partition coefficient (Wildman–Crippen LogP) is 1.48. The molecule has 0 aliphatic rings. The van der Waals surface area contributed by atoms with E-state index in [4.69, 9.17) is 0 Å². The average Bonchev–Trinajstić information content (AvgIpc) is 2.83. The van der Waals surface area contributed by atoms with E-state index in [1.54, 1.807) is 28.0 Å². The summed E-state index contributed by atoms with van der Waals surface area (Å²) < 4.78 is 4.37. The molecular formula is C10H13BrN4O. The molecule has 86 valence electrons. The number of aliphatic hydroxyl groups excluding tert-OH is 1. The minimum absolute atomic E-state index is 0.718. The van der Waals surface area contributed by atoms with Crippen LogP contribution in [-0.2, 0) is 13.6 Å². The number of aliphatic hydroxyl groups is 1. The van der Waals surface area contributed by atoms with Gasteiger partial charge in [0.25, 0.3) is 0 Å². The van der Waals surface area contributed by atoms with E-state index in [-0.39, 0.29) is 0 Å². The summed E-state index contributed by atoms with van der Waals surface area (Å²) in [6.45, 7) is 2.70. The molecule has 1 N–H and O–H groups in total. The smallest absolute Gasteiger partial charge is 0.138 e. The molecule has 0 radical (unpaired) electrons. The molecule has 6 heteroatoms. The number of aromatic nitrogens is 4. The molecule has 2 aromatic heterocycles. The van der Waals surface area contributed by atoms with Crippen molar-refractivity contribution >= 4 is 15.9 Å². The maximum Gasteiger partial charge on any atom is 0.138 e. The molecule has 2 aromatic rings. The highest BCUT2D eigenvalue weighted by molar-refractivity contribution is 9.10. The highest BCUT2D eigenvalue weighted by atomic mass is 79.9. The van der Waals surface area contributed by atoms with Crippen molar-refractivity contribution in [2.24, 2.45) is 7.05 Å². The monoisotopic (exact) mass is 284 g/mol. The van der Waals surface area contributed by atoms with Gasteiger partial charge in [-0.3, -0.25) is 4.68 Å². The molecule has 0 aliphatic heterocycles. The van der Waals surface area contributed by atoms with Crippen molar-refractivity contribution in [3.05, 3.63) is 34.6 Å². The summed E-state index contributed by atoms with van der Waals surface area (Å²) >= 11 is 3.40. The molecule has 0 saturated carbocycles. The molecule has 2 heterocycles. The summed E-state index contributed by atoms with van der Waals surface area (Å²) in [5.74, 6) is 0. The number of imidazole rings is 1. The molecule has 0 spiro atoms. The Labute approximate surface area is 102 Å². The zero-order valence-corrected chi connectivity index (χ0v) is 10.7. The fourth-order valence-electron chi connectivity index (χ4n) is 1.67. The van der Waals surface area contributed by atoms with Crippen LogP contribution in [0.3, 0.4) is 0 Å². The Morgan fingerprint density at radius 1 is 1.50 bits per heavy atom. The van der Waals surface area contributed by atoms with Crippen LogP contribution >= 0.6 is 15.9 Å². The fourth-order valence-corrected chi connectivity index (χ4v) is 2.18. The second-order valence-corrected chi connectivity index (χ2v) is 4.38. The average molecular weight is 285 g/mol. The van der Waals surface area contributed by atoms with Gasteiger partial charge in [0.15, 0.2) is 0 Å². The van der Waals surface area contributed by atoms with Crippen LogP contribution < -0.4 is 0 Å². The van der Waals surface area contributed by atoms with Crippen LogP contribution in [0.1, 0.15) is 24.4 Å². The van der Waals surface area contributed by atoms with Gasteiger partial charge in [-0.15, -0.1) is 0 Å². The quantitative estimate of drug-likeness (QED) is 0.929. The SMILES string of the molecule is CCn1ncc(Br)c1C(O)c1cncn1C. The molecule has 0 aliphatic carbocycles. The van der Waals surface area contributed by atoms with Gasteiger partial charge in [-0.1, -0.05) is 0 Å². The lowest BCUT2D eigenvalue weighted by atomic mass is 10.2. The van der Waals surface area contributed by atoms with Gasteiger partial charge in [0.1, 0.15) is 6.10 Å². The fraction of sp³-hybridized carbons (Fsp3) is 0.400. The summed E-state index contributed by atoms with van der Waals surface area (Å²) in [4.78, 5) is 4.00. The van der Waals surface area contributed by atoms with E-state index < -0.39 is 6.10 Å². The Bertz CT molecular complexity index is 491. The predicted molar refractivity (Wildman–Crippen MR) is 62.9 cm³/mol. The van der Waals surface area contributed by atoms with Crippen molar-refractivity contribution in [2.45, 2.75) is 19.6 Å². The molecule has 0 amide bonds. The highest BCUT2D eigenvalue weighted by Crippen LogP contribution is 2.27. The van der Waals surface area contributed by atoms with Gasteiger partial charge in [-0.25, -0.2) is 4.98 Å². The van der Waals surface area contributed by atoms with E-state index in [0.717, 1.165) is 22.4 Å². The van der Waals surface area contributed by atoms with Gasteiger partial charge in [0.2, 0.25) is 0 Å². The zero-order chi connectivity index (χ0) is 11.7. The summed E-state index contributed by atoms with van der Waals surface area (Å²) in [6, 6.07) is 0. The topological polar surface area (TPSA) is 55.9 Å². The molecule has 1 unspecified atom stereocenters. The Hall–Kier alpha value is -1.14. The lowest BCUT2D eigenvalue weighted by Gasteiger charge is -2.13. The zero-order valence-electron chi connectivity index (χ0n) is 9.13. The van der Waals surface area contributed by atoms with Gasteiger partial charge in [-0.05, 0) is 22.9 Å². The summed E-state index contributed by atoms with van der Waals surface area (Å²) in [7, 11) is 1.85. The maximum absolute atomic E-state index is 10.3. The van der Waals surface area contributed by atoms with Gasteiger partial charge in [0.05, 0.1) is 34.6 Å². The minimum atomic E-state index is -0.718. The van der Waals surface area contributed by atoms with Crippen LogP contribution in [0.2, 0.25) is 0 Å². The number of nitrogens with zero attached hydrogens (tertiary/aromatic N) is 4. The number of hydrogen-bond donors (Lipinski definition) is 1. The molecule has 16 heavy (non-hydrogen) atoms. The molecule has 5 nitrogen and oxygen atoms in total. The standard InChI is InChI=1S/C10H13BrN4O/c1-3-15-9(7(11)4-13-15)10(16)8-5-12-6-14(8)2/h4-6,10,16H,3H2,1-2H3. The number of aryl methyl sites for hydroxylation is 2. The van der Waals surface area contributed by atoms with Gasteiger partial charge < -0.3 is 9.67 Å².